The fourth-order valence-electron chi connectivity index (χ4n) is 3.43. The summed E-state index contributed by atoms with van der Waals surface area (Å²) in [6, 6.07) is 17.8. The van der Waals surface area contributed by atoms with Crippen LogP contribution < -0.4 is 5.48 Å². The lowest BCUT2D eigenvalue weighted by Gasteiger charge is -2.02. The van der Waals surface area contributed by atoms with Crippen LogP contribution in [-0.2, 0) is 4.79 Å². The van der Waals surface area contributed by atoms with E-state index in [-0.39, 0.29) is 23.7 Å². The van der Waals surface area contributed by atoms with E-state index in [1.54, 1.807) is 11.7 Å². The molecule has 0 spiro atoms. The van der Waals surface area contributed by atoms with Crippen LogP contribution in [0, 0.1) is 5.92 Å². The van der Waals surface area contributed by atoms with Crippen molar-refractivity contribution in [3.8, 4) is 11.5 Å². The predicted molar refractivity (Wildman–Crippen MR) is 87.3 cm³/mol. The second-order valence-corrected chi connectivity index (χ2v) is 5.92. The maximum Gasteiger partial charge on any atom is 0.247 e. The highest BCUT2D eigenvalue weighted by molar-refractivity contribution is 5.84. The molecule has 1 aliphatic rings. The molecule has 0 bridgehead atoms. The molecule has 0 radical (unpaired) electrons. The van der Waals surface area contributed by atoms with Crippen molar-refractivity contribution >= 4 is 5.91 Å². The number of carbonyl (C=O) groups excluding carboxylic acids is 1. The number of hydrogen-bond donors (Lipinski definition) is 2. The van der Waals surface area contributed by atoms with E-state index in [1.807, 2.05) is 54.6 Å². The molecule has 24 heavy (non-hydrogen) atoms. The van der Waals surface area contributed by atoms with E-state index < -0.39 is 0 Å². The zero-order valence-electron chi connectivity index (χ0n) is 12.8. The number of benzene rings is 2. The van der Waals surface area contributed by atoms with Crippen molar-refractivity contribution < 1.29 is 14.4 Å². The van der Waals surface area contributed by atoms with Crippen molar-refractivity contribution in [2.45, 2.75) is 11.8 Å². The molecular weight excluding hydrogens is 304 g/mol. The number of carbonyl (C=O) groups is 1. The topological polar surface area (TPSA) is 75.4 Å². The monoisotopic (exact) mass is 320 g/mol. The van der Waals surface area contributed by atoms with Crippen molar-refractivity contribution in [1.82, 2.24) is 10.5 Å². The van der Waals surface area contributed by atoms with Gasteiger partial charge in [0, 0.05) is 17.4 Å². The SMILES string of the molecule is O=C(NO)C1C(c2ccccc2)C1c1ccc(-c2ncco2)cc1. The Kier molecular flexibility index (Phi) is 3.63. The average molecular weight is 320 g/mol. The molecule has 1 heterocycles. The van der Waals surface area contributed by atoms with Crippen molar-refractivity contribution in [3.05, 3.63) is 78.2 Å². The van der Waals surface area contributed by atoms with Gasteiger partial charge in [0.15, 0.2) is 0 Å². The fraction of sp³-hybridized carbons (Fsp3) is 0.158. The van der Waals surface area contributed by atoms with Crippen LogP contribution in [0.1, 0.15) is 23.0 Å². The molecule has 5 nitrogen and oxygen atoms in total. The first-order chi connectivity index (χ1) is 11.8. The molecule has 1 aromatic heterocycles. The molecule has 1 amide bonds. The number of nitrogens with one attached hydrogen (secondary N) is 1. The van der Waals surface area contributed by atoms with Crippen LogP contribution in [0.25, 0.3) is 11.5 Å². The highest BCUT2D eigenvalue weighted by atomic mass is 16.5. The molecule has 3 aromatic rings. The van der Waals surface area contributed by atoms with Crippen LogP contribution in [0.3, 0.4) is 0 Å². The van der Waals surface area contributed by atoms with Crippen LogP contribution >= 0.6 is 0 Å². The number of nitrogens with zero attached hydrogens (tertiary/aromatic N) is 1. The summed E-state index contributed by atoms with van der Waals surface area (Å²) in [7, 11) is 0. The van der Waals surface area contributed by atoms with Gasteiger partial charge in [0.25, 0.3) is 0 Å². The first kappa shape index (κ1) is 14.7. The van der Waals surface area contributed by atoms with Gasteiger partial charge in [-0.15, -0.1) is 0 Å². The molecule has 1 aliphatic carbocycles. The third-order valence-electron chi connectivity index (χ3n) is 4.59. The van der Waals surface area contributed by atoms with Gasteiger partial charge in [-0.1, -0.05) is 42.5 Å². The highest BCUT2D eigenvalue weighted by Crippen LogP contribution is 2.60. The molecule has 5 heteroatoms. The van der Waals surface area contributed by atoms with Crippen molar-refractivity contribution in [2.75, 3.05) is 0 Å². The summed E-state index contributed by atoms with van der Waals surface area (Å²) in [5.74, 6) is 0.0984. The minimum Gasteiger partial charge on any atom is -0.445 e. The lowest BCUT2D eigenvalue weighted by Crippen LogP contribution is -2.21. The maximum absolute atomic E-state index is 12.0. The maximum atomic E-state index is 12.0. The van der Waals surface area contributed by atoms with E-state index in [1.165, 1.54) is 6.26 Å². The molecule has 0 saturated heterocycles. The Morgan fingerprint density at radius 1 is 1.00 bits per heavy atom. The lowest BCUT2D eigenvalue weighted by atomic mass is 10.0. The van der Waals surface area contributed by atoms with Gasteiger partial charge in [0.1, 0.15) is 6.26 Å². The third-order valence-corrected chi connectivity index (χ3v) is 4.59. The minimum atomic E-state index is -0.342. The molecule has 120 valence electrons. The van der Waals surface area contributed by atoms with Crippen LogP contribution in [0.2, 0.25) is 0 Å². The summed E-state index contributed by atoms with van der Waals surface area (Å²) in [6.45, 7) is 0. The summed E-state index contributed by atoms with van der Waals surface area (Å²) in [5.41, 5.74) is 4.86. The standard InChI is InChI=1S/C19H16N2O3/c22-18(21-23)17-15(12-4-2-1-3-5-12)16(17)13-6-8-14(9-7-13)19-20-10-11-24-19/h1-11,15-17,23H,(H,21,22). The number of oxazole rings is 1. The van der Waals surface area contributed by atoms with Gasteiger partial charge in [-0.3, -0.25) is 10.0 Å². The molecule has 3 unspecified atom stereocenters. The molecule has 3 atom stereocenters. The molecular formula is C19H16N2O3. The number of amides is 1. The van der Waals surface area contributed by atoms with Crippen LogP contribution in [0.4, 0.5) is 0 Å². The van der Waals surface area contributed by atoms with E-state index >= 15 is 0 Å². The third kappa shape index (κ3) is 2.49. The Morgan fingerprint density at radius 2 is 1.67 bits per heavy atom. The van der Waals surface area contributed by atoms with E-state index in [2.05, 4.69) is 4.98 Å². The van der Waals surface area contributed by atoms with Gasteiger partial charge < -0.3 is 4.42 Å². The van der Waals surface area contributed by atoms with Gasteiger partial charge in [-0.05, 0) is 23.3 Å². The van der Waals surface area contributed by atoms with E-state index in [0.29, 0.717) is 5.89 Å². The second kappa shape index (κ2) is 5.94. The lowest BCUT2D eigenvalue weighted by molar-refractivity contribution is -0.130. The van der Waals surface area contributed by atoms with Crippen molar-refractivity contribution in [3.63, 3.8) is 0 Å². The number of hydrogen-bond acceptors (Lipinski definition) is 4. The smallest absolute Gasteiger partial charge is 0.247 e. The molecule has 0 aliphatic heterocycles. The summed E-state index contributed by atoms with van der Waals surface area (Å²) >= 11 is 0. The van der Waals surface area contributed by atoms with Gasteiger partial charge in [-0.2, -0.15) is 0 Å². The summed E-state index contributed by atoms with van der Waals surface area (Å²) in [5, 5.41) is 9.02. The number of hydroxylamine groups is 1. The van der Waals surface area contributed by atoms with Gasteiger partial charge >= 0.3 is 0 Å². The first-order valence-corrected chi connectivity index (χ1v) is 7.78. The summed E-state index contributed by atoms with van der Waals surface area (Å²) < 4.78 is 5.29. The quantitative estimate of drug-likeness (QED) is 0.571. The predicted octanol–water partition coefficient (Wildman–Crippen LogP) is 3.34. The average Bonchev–Trinajstić information content (AvgIpc) is 3.15. The Balaban J connectivity index is 1.63. The second-order valence-electron chi connectivity index (χ2n) is 5.92. The Bertz CT molecular complexity index is 829. The number of rotatable bonds is 4. The molecule has 1 fully saturated rings. The van der Waals surface area contributed by atoms with Crippen molar-refractivity contribution in [2.24, 2.45) is 5.92 Å². The first-order valence-electron chi connectivity index (χ1n) is 7.78. The summed E-state index contributed by atoms with van der Waals surface area (Å²) in [4.78, 5) is 16.1. The largest absolute Gasteiger partial charge is 0.445 e. The van der Waals surface area contributed by atoms with Gasteiger partial charge in [0.05, 0.1) is 12.1 Å². The van der Waals surface area contributed by atoms with Crippen LogP contribution in [0.5, 0.6) is 0 Å². The molecule has 4 rings (SSSR count). The molecule has 2 aromatic carbocycles. The Morgan fingerprint density at radius 3 is 2.25 bits per heavy atom. The minimum absolute atomic E-state index is 0.0539. The van der Waals surface area contributed by atoms with Crippen molar-refractivity contribution in [1.29, 1.82) is 0 Å². The van der Waals surface area contributed by atoms with E-state index in [9.17, 15) is 4.79 Å². The fourth-order valence-corrected chi connectivity index (χ4v) is 3.43. The van der Waals surface area contributed by atoms with Crippen LogP contribution in [-0.4, -0.2) is 16.1 Å². The van der Waals surface area contributed by atoms with Crippen LogP contribution in [0.15, 0.2) is 71.5 Å². The van der Waals surface area contributed by atoms with E-state index in [4.69, 9.17) is 9.62 Å². The normalized spacial score (nSPS) is 22.1. The van der Waals surface area contributed by atoms with Gasteiger partial charge in [0.2, 0.25) is 11.8 Å². The molecule has 1 saturated carbocycles. The highest BCUT2D eigenvalue weighted by Gasteiger charge is 2.56. The Hall–Kier alpha value is -2.92. The Labute approximate surface area is 138 Å². The zero-order valence-corrected chi connectivity index (χ0v) is 12.8. The summed E-state index contributed by atoms with van der Waals surface area (Å²) in [6.07, 6.45) is 3.15. The zero-order chi connectivity index (χ0) is 16.5. The van der Waals surface area contributed by atoms with Gasteiger partial charge in [-0.25, -0.2) is 10.5 Å². The van der Waals surface area contributed by atoms with E-state index in [0.717, 1.165) is 16.7 Å². The number of aromatic nitrogens is 1. The molecule has 2 N–H and O–H groups in total.